The third-order valence-corrected chi connectivity index (χ3v) is 2.69. The van der Waals surface area contributed by atoms with Gasteiger partial charge < -0.3 is 0 Å². The number of nitriles is 1. The van der Waals surface area contributed by atoms with Crippen molar-refractivity contribution in [3.8, 4) is 6.07 Å². The van der Waals surface area contributed by atoms with E-state index >= 15 is 0 Å². The van der Waals surface area contributed by atoms with Crippen LogP contribution in [0.15, 0.2) is 40.5 Å². The highest BCUT2D eigenvalue weighted by atomic mass is 32.2. The Hall–Kier alpha value is -1.80. The molecule has 2 rings (SSSR count). The van der Waals surface area contributed by atoms with Gasteiger partial charge in [0.2, 0.25) is 0 Å². The van der Waals surface area contributed by atoms with E-state index in [9.17, 15) is 0 Å². The highest BCUT2D eigenvalue weighted by molar-refractivity contribution is 7.99. The van der Waals surface area contributed by atoms with Gasteiger partial charge in [-0.1, -0.05) is 11.8 Å². The van der Waals surface area contributed by atoms with Gasteiger partial charge in [-0.3, -0.25) is 4.68 Å². The summed E-state index contributed by atoms with van der Waals surface area (Å²) in [5, 5.41) is 12.7. The molecule has 15 heavy (non-hydrogen) atoms. The molecule has 2 aromatic rings. The van der Waals surface area contributed by atoms with E-state index in [1.54, 1.807) is 34.9 Å². The molecular formula is C10H8N4S. The quantitative estimate of drug-likeness (QED) is 0.768. The van der Waals surface area contributed by atoms with Crippen LogP contribution in [0.2, 0.25) is 0 Å². The van der Waals surface area contributed by atoms with Crippen LogP contribution in [0.25, 0.3) is 0 Å². The molecule has 0 amide bonds. The second-order valence-electron chi connectivity index (χ2n) is 2.94. The maximum absolute atomic E-state index is 8.59. The topological polar surface area (TPSA) is 54.5 Å². The van der Waals surface area contributed by atoms with Crippen LogP contribution in [0, 0.1) is 11.3 Å². The number of pyridine rings is 1. The Morgan fingerprint density at radius 1 is 1.33 bits per heavy atom. The van der Waals surface area contributed by atoms with Crippen molar-refractivity contribution < 1.29 is 0 Å². The summed E-state index contributed by atoms with van der Waals surface area (Å²) in [4.78, 5) is 6.05. The number of hydrogen-bond donors (Lipinski definition) is 0. The normalized spacial score (nSPS) is 9.87. The van der Waals surface area contributed by atoms with Gasteiger partial charge in [0.15, 0.2) is 0 Å². The third kappa shape index (κ3) is 2.36. The van der Waals surface area contributed by atoms with Crippen molar-refractivity contribution in [2.24, 2.45) is 7.05 Å². The predicted molar refractivity (Wildman–Crippen MR) is 56.3 cm³/mol. The lowest BCUT2D eigenvalue weighted by Crippen LogP contribution is -1.84. The minimum atomic E-state index is 0.436. The van der Waals surface area contributed by atoms with E-state index in [1.165, 1.54) is 0 Å². The standard InChI is InChI=1S/C10H8N4S/c1-14-7-10(6-13-14)15-9-3-2-8(4-11)12-5-9/h2-3,5-7H,1H3. The van der Waals surface area contributed by atoms with Gasteiger partial charge in [-0.15, -0.1) is 0 Å². The van der Waals surface area contributed by atoms with Crippen molar-refractivity contribution in [1.82, 2.24) is 14.8 Å². The number of rotatable bonds is 2. The number of aromatic nitrogens is 3. The molecule has 0 aromatic carbocycles. The Kier molecular flexibility index (Phi) is 2.70. The van der Waals surface area contributed by atoms with Crippen molar-refractivity contribution in [1.29, 1.82) is 5.26 Å². The van der Waals surface area contributed by atoms with Crippen molar-refractivity contribution in [2.45, 2.75) is 9.79 Å². The Morgan fingerprint density at radius 2 is 2.20 bits per heavy atom. The fourth-order valence-corrected chi connectivity index (χ4v) is 1.91. The van der Waals surface area contributed by atoms with E-state index in [4.69, 9.17) is 5.26 Å². The maximum Gasteiger partial charge on any atom is 0.140 e. The first-order valence-electron chi connectivity index (χ1n) is 4.30. The van der Waals surface area contributed by atoms with E-state index < -0.39 is 0 Å². The molecule has 0 saturated carbocycles. The lowest BCUT2D eigenvalue weighted by molar-refractivity contribution is 0.766. The van der Waals surface area contributed by atoms with Gasteiger partial charge in [0.05, 0.1) is 11.1 Å². The van der Waals surface area contributed by atoms with Crippen LogP contribution in [0.4, 0.5) is 0 Å². The fraction of sp³-hybridized carbons (Fsp3) is 0.100. The summed E-state index contributed by atoms with van der Waals surface area (Å²) >= 11 is 1.57. The molecule has 0 aliphatic carbocycles. The molecule has 0 aliphatic heterocycles. The van der Waals surface area contributed by atoms with Crippen molar-refractivity contribution in [2.75, 3.05) is 0 Å². The summed E-state index contributed by atoms with van der Waals surface area (Å²) in [6, 6.07) is 5.57. The molecule has 0 unspecified atom stereocenters. The lowest BCUT2D eigenvalue weighted by atomic mass is 10.4. The highest BCUT2D eigenvalue weighted by Crippen LogP contribution is 2.25. The zero-order chi connectivity index (χ0) is 10.7. The number of hydrogen-bond acceptors (Lipinski definition) is 4. The van der Waals surface area contributed by atoms with Gasteiger partial charge in [0.25, 0.3) is 0 Å². The van der Waals surface area contributed by atoms with Crippen molar-refractivity contribution >= 4 is 11.8 Å². The first-order valence-corrected chi connectivity index (χ1v) is 5.12. The zero-order valence-electron chi connectivity index (χ0n) is 8.08. The Labute approximate surface area is 91.6 Å². The van der Waals surface area contributed by atoms with E-state index in [-0.39, 0.29) is 0 Å². The summed E-state index contributed by atoms with van der Waals surface area (Å²) in [5.74, 6) is 0. The third-order valence-electron chi connectivity index (χ3n) is 1.77. The molecule has 2 heterocycles. The molecule has 0 N–H and O–H groups in total. The van der Waals surface area contributed by atoms with Gasteiger partial charge in [-0.25, -0.2) is 4.98 Å². The Bertz CT molecular complexity index is 495. The van der Waals surface area contributed by atoms with Gasteiger partial charge in [0.1, 0.15) is 11.8 Å². The molecule has 74 valence electrons. The first-order chi connectivity index (χ1) is 7.28. The van der Waals surface area contributed by atoms with E-state index in [0.29, 0.717) is 5.69 Å². The predicted octanol–water partition coefficient (Wildman–Crippen LogP) is 1.84. The van der Waals surface area contributed by atoms with Crippen molar-refractivity contribution in [3.05, 3.63) is 36.4 Å². The van der Waals surface area contributed by atoms with Crippen LogP contribution in [0.5, 0.6) is 0 Å². The molecule has 0 fully saturated rings. The second-order valence-corrected chi connectivity index (χ2v) is 4.09. The highest BCUT2D eigenvalue weighted by Gasteiger charge is 2.00. The largest absolute Gasteiger partial charge is 0.275 e. The minimum Gasteiger partial charge on any atom is -0.275 e. The SMILES string of the molecule is Cn1cc(Sc2ccc(C#N)nc2)cn1. The average molecular weight is 216 g/mol. The fourth-order valence-electron chi connectivity index (χ4n) is 1.09. The second kappa shape index (κ2) is 4.15. The Balaban J connectivity index is 2.15. The molecule has 0 aliphatic rings. The molecular weight excluding hydrogens is 208 g/mol. The molecule has 0 saturated heterocycles. The molecule has 4 nitrogen and oxygen atoms in total. The summed E-state index contributed by atoms with van der Waals surface area (Å²) in [5.41, 5.74) is 0.436. The first kappa shape index (κ1) is 9.74. The van der Waals surface area contributed by atoms with Crippen LogP contribution in [0.3, 0.4) is 0 Å². The van der Waals surface area contributed by atoms with Crippen LogP contribution < -0.4 is 0 Å². The maximum atomic E-state index is 8.59. The summed E-state index contributed by atoms with van der Waals surface area (Å²) in [7, 11) is 1.88. The van der Waals surface area contributed by atoms with E-state index in [1.807, 2.05) is 25.4 Å². The van der Waals surface area contributed by atoms with Crippen LogP contribution in [-0.4, -0.2) is 14.8 Å². The molecule has 0 radical (unpaired) electrons. The molecule has 2 aromatic heterocycles. The molecule has 0 atom stereocenters. The molecule has 0 bridgehead atoms. The van der Waals surface area contributed by atoms with Gasteiger partial charge >= 0.3 is 0 Å². The zero-order valence-corrected chi connectivity index (χ0v) is 8.90. The van der Waals surface area contributed by atoms with Crippen LogP contribution in [0.1, 0.15) is 5.69 Å². The summed E-state index contributed by atoms with van der Waals surface area (Å²) in [6.07, 6.45) is 5.42. The average Bonchev–Trinajstić information content (AvgIpc) is 2.65. The monoisotopic (exact) mass is 216 g/mol. The van der Waals surface area contributed by atoms with Gasteiger partial charge in [-0.05, 0) is 12.1 Å². The lowest BCUT2D eigenvalue weighted by Gasteiger charge is -1.96. The number of nitrogens with zero attached hydrogens (tertiary/aromatic N) is 4. The van der Waals surface area contributed by atoms with Crippen LogP contribution >= 0.6 is 11.8 Å². The summed E-state index contributed by atoms with van der Waals surface area (Å²) in [6.45, 7) is 0. The van der Waals surface area contributed by atoms with Gasteiger partial charge in [-0.2, -0.15) is 10.4 Å². The summed E-state index contributed by atoms with van der Waals surface area (Å²) < 4.78 is 1.75. The smallest absolute Gasteiger partial charge is 0.140 e. The number of aryl methyl sites for hydroxylation is 1. The Morgan fingerprint density at radius 3 is 2.73 bits per heavy atom. The van der Waals surface area contributed by atoms with E-state index in [2.05, 4.69) is 10.1 Å². The molecule has 5 heteroatoms. The van der Waals surface area contributed by atoms with Crippen molar-refractivity contribution in [3.63, 3.8) is 0 Å². The molecule has 0 spiro atoms. The van der Waals surface area contributed by atoms with Crippen LogP contribution in [-0.2, 0) is 7.05 Å². The minimum absolute atomic E-state index is 0.436. The van der Waals surface area contributed by atoms with E-state index in [0.717, 1.165) is 9.79 Å². The van der Waals surface area contributed by atoms with Gasteiger partial charge in [0, 0.05) is 24.3 Å².